The van der Waals surface area contributed by atoms with Gasteiger partial charge < -0.3 is 5.32 Å². The van der Waals surface area contributed by atoms with E-state index in [2.05, 4.69) is 26.2 Å². The fraction of sp³-hybridized carbons (Fsp3) is 0.833. The number of fused-ring (bicyclic) bond motifs is 1. The summed E-state index contributed by atoms with van der Waals surface area (Å²) in [5.74, 6) is 0.944. The highest BCUT2D eigenvalue weighted by atomic mass is 14.9. The van der Waals surface area contributed by atoms with Crippen LogP contribution in [0.25, 0.3) is 0 Å². The van der Waals surface area contributed by atoms with Gasteiger partial charge in [0, 0.05) is 12.7 Å². The zero-order chi connectivity index (χ0) is 9.27. The molecule has 1 heteroatoms. The van der Waals surface area contributed by atoms with E-state index in [1.54, 1.807) is 11.3 Å². The average molecular weight is 177 g/mol. The Morgan fingerprint density at radius 1 is 1.31 bits per heavy atom. The largest absolute Gasteiger partial charge is 0.391 e. The van der Waals surface area contributed by atoms with E-state index in [1.807, 2.05) is 0 Å². The Morgan fingerprint density at radius 2 is 2.08 bits per heavy atom. The fourth-order valence-corrected chi connectivity index (χ4v) is 4.56. The third-order valence-electron chi connectivity index (χ3n) is 4.54. The maximum absolute atomic E-state index is 3.43. The van der Waals surface area contributed by atoms with Gasteiger partial charge in [-0.1, -0.05) is 13.8 Å². The summed E-state index contributed by atoms with van der Waals surface area (Å²) >= 11 is 0. The van der Waals surface area contributed by atoms with Gasteiger partial charge in [0.05, 0.1) is 0 Å². The molecule has 0 aliphatic heterocycles. The van der Waals surface area contributed by atoms with Gasteiger partial charge in [-0.3, -0.25) is 0 Å². The Morgan fingerprint density at radius 3 is 2.62 bits per heavy atom. The number of hydrogen-bond donors (Lipinski definition) is 1. The second kappa shape index (κ2) is 1.97. The highest BCUT2D eigenvalue weighted by Gasteiger charge is 2.59. The number of allylic oxidation sites excluding steroid dienone is 2. The van der Waals surface area contributed by atoms with Crippen molar-refractivity contribution in [3.05, 3.63) is 11.3 Å². The minimum atomic E-state index is 0.592. The summed E-state index contributed by atoms with van der Waals surface area (Å²) in [7, 11) is 2.09. The smallest absolute Gasteiger partial charge is 0.0110 e. The molecular weight excluding hydrogens is 158 g/mol. The third kappa shape index (κ3) is 0.787. The molecule has 3 atom stereocenters. The predicted octanol–water partition coefficient (Wildman–Crippen LogP) is 2.69. The van der Waals surface area contributed by atoms with Crippen molar-refractivity contribution in [1.29, 1.82) is 0 Å². The predicted molar refractivity (Wildman–Crippen MR) is 54.3 cm³/mol. The average Bonchev–Trinajstić information content (AvgIpc) is 1.99. The van der Waals surface area contributed by atoms with Crippen LogP contribution in [0.1, 0.15) is 39.5 Å². The lowest BCUT2D eigenvalue weighted by atomic mass is 9.41. The number of hydrogen-bond acceptors (Lipinski definition) is 1. The summed E-state index contributed by atoms with van der Waals surface area (Å²) in [6.07, 6.45) is 5.67. The van der Waals surface area contributed by atoms with Gasteiger partial charge in [-0.25, -0.2) is 0 Å². The molecule has 0 saturated heterocycles. The number of nitrogens with one attached hydrogen (secondary N) is 1. The molecule has 4 bridgehead atoms. The van der Waals surface area contributed by atoms with Crippen LogP contribution < -0.4 is 5.32 Å². The zero-order valence-electron chi connectivity index (χ0n) is 8.91. The zero-order valence-corrected chi connectivity index (χ0v) is 8.91. The van der Waals surface area contributed by atoms with Crippen molar-refractivity contribution < 1.29 is 0 Å². The van der Waals surface area contributed by atoms with Crippen molar-refractivity contribution in [2.24, 2.45) is 16.7 Å². The molecule has 0 heterocycles. The molecule has 72 valence electrons. The van der Waals surface area contributed by atoms with Crippen molar-refractivity contribution in [3.8, 4) is 0 Å². The van der Waals surface area contributed by atoms with E-state index in [9.17, 15) is 0 Å². The summed E-state index contributed by atoms with van der Waals surface area (Å²) in [6.45, 7) is 4.94. The molecule has 0 amide bonds. The molecule has 5 aliphatic carbocycles. The van der Waals surface area contributed by atoms with Crippen LogP contribution in [0.4, 0.5) is 0 Å². The lowest BCUT2D eigenvalue weighted by molar-refractivity contribution is -0.0219. The van der Waals surface area contributed by atoms with Gasteiger partial charge in [-0.05, 0) is 48.0 Å². The van der Waals surface area contributed by atoms with Crippen LogP contribution in [0, 0.1) is 16.7 Å². The molecule has 0 spiro atoms. The topological polar surface area (TPSA) is 12.0 Å². The maximum Gasteiger partial charge on any atom is 0.0110 e. The summed E-state index contributed by atoms with van der Waals surface area (Å²) in [5.41, 5.74) is 4.59. The summed E-state index contributed by atoms with van der Waals surface area (Å²) in [5, 5.41) is 3.43. The van der Waals surface area contributed by atoms with Crippen molar-refractivity contribution in [2.75, 3.05) is 7.05 Å². The Kier molecular flexibility index (Phi) is 1.19. The highest BCUT2D eigenvalue weighted by Crippen LogP contribution is 2.70. The molecule has 3 saturated carbocycles. The van der Waals surface area contributed by atoms with Crippen LogP contribution >= 0.6 is 0 Å². The lowest BCUT2D eigenvalue weighted by Crippen LogP contribution is -2.55. The van der Waals surface area contributed by atoms with E-state index >= 15 is 0 Å². The van der Waals surface area contributed by atoms with E-state index < -0.39 is 0 Å². The standard InChI is InChI=1S/C12H19N/c1-11-4-8-5-12(2,7-11)10(8)9(6-11)13-3/h8,13H,4-7H2,1-3H3. The van der Waals surface area contributed by atoms with Crippen molar-refractivity contribution in [3.63, 3.8) is 0 Å². The van der Waals surface area contributed by atoms with E-state index in [1.165, 1.54) is 25.7 Å². The van der Waals surface area contributed by atoms with Crippen molar-refractivity contribution in [1.82, 2.24) is 5.32 Å². The minimum absolute atomic E-state index is 0.592. The lowest BCUT2D eigenvalue weighted by Gasteiger charge is -2.64. The van der Waals surface area contributed by atoms with Gasteiger partial charge in [0.15, 0.2) is 0 Å². The molecule has 13 heavy (non-hydrogen) atoms. The molecule has 0 radical (unpaired) electrons. The molecule has 0 aromatic rings. The van der Waals surface area contributed by atoms with Crippen molar-refractivity contribution >= 4 is 0 Å². The van der Waals surface area contributed by atoms with Crippen molar-refractivity contribution in [2.45, 2.75) is 39.5 Å². The Hall–Kier alpha value is -0.460. The van der Waals surface area contributed by atoms with E-state index in [0.717, 1.165) is 5.92 Å². The molecule has 3 fully saturated rings. The van der Waals surface area contributed by atoms with Gasteiger partial charge >= 0.3 is 0 Å². The van der Waals surface area contributed by atoms with Gasteiger partial charge in [0.1, 0.15) is 0 Å². The van der Waals surface area contributed by atoms with Gasteiger partial charge in [-0.2, -0.15) is 0 Å². The second-order valence-electron chi connectivity index (χ2n) is 5.97. The van der Waals surface area contributed by atoms with Crippen LogP contribution in [0.5, 0.6) is 0 Å². The quantitative estimate of drug-likeness (QED) is 0.649. The molecule has 0 aromatic carbocycles. The number of rotatable bonds is 1. The normalized spacial score (nSPS) is 52.1. The van der Waals surface area contributed by atoms with E-state index in [0.29, 0.717) is 10.8 Å². The van der Waals surface area contributed by atoms with Crippen LogP contribution in [0.3, 0.4) is 0 Å². The van der Waals surface area contributed by atoms with Gasteiger partial charge in [0.25, 0.3) is 0 Å². The highest BCUT2D eigenvalue weighted by molar-refractivity contribution is 5.39. The van der Waals surface area contributed by atoms with Crippen LogP contribution in [0.15, 0.2) is 11.3 Å². The first-order valence-corrected chi connectivity index (χ1v) is 5.48. The molecule has 5 aliphatic rings. The van der Waals surface area contributed by atoms with Gasteiger partial charge in [0.2, 0.25) is 0 Å². The Balaban J connectivity index is 2.11. The van der Waals surface area contributed by atoms with Crippen LogP contribution in [0.2, 0.25) is 0 Å². The SMILES string of the molecule is CNC1=C2C3CC(C)(C1)CC2(C)C3. The fourth-order valence-electron chi connectivity index (χ4n) is 4.56. The molecule has 3 unspecified atom stereocenters. The first-order chi connectivity index (χ1) is 6.06. The minimum Gasteiger partial charge on any atom is -0.391 e. The Labute approximate surface area is 80.6 Å². The summed E-state index contributed by atoms with van der Waals surface area (Å²) < 4.78 is 0. The molecule has 1 N–H and O–H groups in total. The van der Waals surface area contributed by atoms with Gasteiger partial charge in [-0.15, -0.1) is 0 Å². The monoisotopic (exact) mass is 177 g/mol. The summed E-state index contributed by atoms with van der Waals surface area (Å²) in [4.78, 5) is 0. The first-order valence-electron chi connectivity index (χ1n) is 5.48. The second-order valence-corrected chi connectivity index (χ2v) is 5.97. The maximum atomic E-state index is 3.43. The summed E-state index contributed by atoms with van der Waals surface area (Å²) in [6, 6.07) is 0. The molecular formula is C12H19N. The molecule has 5 rings (SSSR count). The first kappa shape index (κ1) is 7.90. The Bertz CT molecular complexity index is 304. The van der Waals surface area contributed by atoms with E-state index in [-0.39, 0.29) is 0 Å². The third-order valence-corrected chi connectivity index (χ3v) is 4.54. The molecule has 0 aromatic heterocycles. The van der Waals surface area contributed by atoms with Crippen LogP contribution in [-0.2, 0) is 0 Å². The van der Waals surface area contributed by atoms with E-state index in [4.69, 9.17) is 0 Å². The van der Waals surface area contributed by atoms with Crippen LogP contribution in [-0.4, -0.2) is 7.05 Å². The molecule has 1 nitrogen and oxygen atoms in total.